The number of benzene rings is 3. The van der Waals surface area contributed by atoms with E-state index >= 15 is 0 Å². The summed E-state index contributed by atoms with van der Waals surface area (Å²) in [6.45, 7) is 2.08. The van der Waals surface area contributed by atoms with E-state index in [9.17, 15) is 22.8 Å². The van der Waals surface area contributed by atoms with Crippen LogP contribution in [0, 0.1) is 0 Å². The van der Waals surface area contributed by atoms with Crippen molar-refractivity contribution in [3.8, 4) is 34.3 Å². The van der Waals surface area contributed by atoms with Gasteiger partial charge in [0.15, 0.2) is 17.7 Å². The average Bonchev–Trinajstić information content (AvgIpc) is 3.61. The third kappa shape index (κ3) is 7.43. The number of anilines is 1. The lowest BCUT2D eigenvalue weighted by Crippen LogP contribution is -2.32. The molecule has 1 saturated heterocycles. The zero-order valence-electron chi connectivity index (χ0n) is 22.4. The first-order valence-electron chi connectivity index (χ1n) is 12.8. The van der Waals surface area contributed by atoms with Crippen LogP contribution < -0.4 is 24.4 Å². The van der Waals surface area contributed by atoms with Crippen molar-refractivity contribution < 1.29 is 37.0 Å². The summed E-state index contributed by atoms with van der Waals surface area (Å²) in [6, 6.07) is 18.3. The highest BCUT2D eigenvalue weighted by molar-refractivity contribution is 8.15. The summed E-state index contributed by atoms with van der Waals surface area (Å²) in [7, 11) is 0. The van der Waals surface area contributed by atoms with E-state index in [-0.39, 0.29) is 29.3 Å². The monoisotopic (exact) mass is 612 g/mol. The van der Waals surface area contributed by atoms with E-state index in [0.29, 0.717) is 40.9 Å². The number of aromatic nitrogens is 3. The summed E-state index contributed by atoms with van der Waals surface area (Å²) in [6.07, 6.45) is -3.34. The van der Waals surface area contributed by atoms with Crippen molar-refractivity contribution in [1.82, 2.24) is 20.1 Å². The fraction of sp³-hybridized carbons (Fsp3) is 0.179. The number of amidine groups is 1. The minimum Gasteiger partial charge on any atom is -0.492 e. The molecule has 1 fully saturated rings. The Bertz CT molecular complexity index is 1630. The quantitative estimate of drug-likeness (QED) is 0.249. The van der Waals surface area contributed by atoms with E-state index < -0.39 is 12.4 Å². The number of nitrogens with zero attached hydrogens (tertiary/aromatic N) is 5. The average molecular weight is 613 g/mol. The van der Waals surface area contributed by atoms with Gasteiger partial charge in [-0.3, -0.25) is 9.69 Å². The second kappa shape index (κ2) is 12.9. The number of ether oxygens (including phenoxy) is 3. The molecule has 0 atom stereocenters. The van der Waals surface area contributed by atoms with E-state index in [1.165, 1.54) is 40.2 Å². The van der Waals surface area contributed by atoms with Crippen molar-refractivity contribution in [2.75, 3.05) is 24.0 Å². The van der Waals surface area contributed by atoms with Crippen LogP contribution >= 0.6 is 11.8 Å². The number of urea groups is 1. The number of rotatable bonds is 9. The molecule has 0 bridgehead atoms. The number of carbonyl (C=O) groups excluding carboxylic acids is 2. The molecule has 0 saturated carbocycles. The SMILES string of the molecule is CCOc1ccccc1N1C(=O)CSC1=NC(=O)NCOc1ccc(-c2ncn(-c3ccc(OC(F)(F)F)cc3)n2)cc1. The van der Waals surface area contributed by atoms with Gasteiger partial charge in [-0.05, 0) is 67.6 Å². The molecule has 3 aromatic carbocycles. The maximum absolute atomic E-state index is 12.5. The van der Waals surface area contributed by atoms with Gasteiger partial charge in [0.1, 0.15) is 23.6 Å². The van der Waals surface area contributed by atoms with Gasteiger partial charge in [-0.1, -0.05) is 23.9 Å². The molecule has 3 amide bonds. The van der Waals surface area contributed by atoms with Gasteiger partial charge in [0, 0.05) is 5.56 Å². The van der Waals surface area contributed by atoms with Crippen LogP contribution in [0.15, 0.2) is 84.1 Å². The summed E-state index contributed by atoms with van der Waals surface area (Å²) in [5, 5.41) is 7.13. The van der Waals surface area contributed by atoms with E-state index in [2.05, 4.69) is 25.1 Å². The lowest BCUT2D eigenvalue weighted by atomic mass is 10.2. The summed E-state index contributed by atoms with van der Waals surface area (Å²) in [5.41, 5.74) is 1.67. The standard InChI is InChI=1S/C28H23F3N6O5S/c1-2-40-23-6-4-3-5-22(23)37-24(38)15-43-27(37)34-26(39)33-17-41-20-11-7-18(8-12-20)25-32-16-36(35-25)19-9-13-21(14-10-19)42-28(29,30)31/h3-14,16H,2,15,17H2,1H3,(H,33,39). The predicted molar refractivity (Wildman–Crippen MR) is 152 cm³/mol. The number of nitrogens with one attached hydrogen (secondary N) is 1. The van der Waals surface area contributed by atoms with Crippen molar-refractivity contribution >= 4 is 34.6 Å². The number of alkyl halides is 3. The van der Waals surface area contributed by atoms with Gasteiger partial charge >= 0.3 is 12.4 Å². The molecule has 11 nitrogen and oxygen atoms in total. The third-order valence-corrected chi connectivity index (χ3v) is 6.69. The van der Waals surface area contributed by atoms with Gasteiger partial charge in [-0.15, -0.1) is 18.3 Å². The molecule has 43 heavy (non-hydrogen) atoms. The molecule has 1 aromatic heterocycles. The van der Waals surface area contributed by atoms with Gasteiger partial charge in [0.2, 0.25) is 5.91 Å². The third-order valence-electron chi connectivity index (χ3n) is 5.77. The second-order valence-electron chi connectivity index (χ2n) is 8.66. The molecule has 1 aliphatic heterocycles. The molecule has 0 spiro atoms. The van der Waals surface area contributed by atoms with Crippen LogP contribution in [-0.4, -0.2) is 57.3 Å². The second-order valence-corrected chi connectivity index (χ2v) is 9.60. The van der Waals surface area contributed by atoms with Crippen LogP contribution in [-0.2, 0) is 4.79 Å². The number of thioether (sulfide) groups is 1. The van der Waals surface area contributed by atoms with Gasteiger partial charge in [-0.25, -0.2) is 14.5 Å². The summed E-state index contributed by atoms with van der Waals surface area (Å²) >= 11 is 1.15. The number of carbonyl (C=O) groups is 2. The Morgan fingerprint density at radius 2 is 1.74 bits per heavy atom. The first-order chi connectivity index (χ1) is 20.7. The Kier molecular flexibility index (Phi) is 8.80. The maximum atomic E-state index is 12.5. The van der Waals surface area contributed by atoms with Crippen molar-refractivity contribution in [3.63, 3.8) is 0 Å². The van der Waals surface area contributed by atoms with E-state index in [4.69, 9.17) is 9.47 Å². The van der Waals surface area contributed by atoms with Crippen LogP contribution in [0.1, 0.15) is 6.92 Å². The summed E-state index contributed by atoms with van der Waals surface area (Å²) in [4.78, 5) is 34.7. The predicted octanol–water partition coefficient (Wildman–Crippen LogP) is 5.41. The molecule has 1 aliphatic rings. The Labute approximate surface area is 247 Å². The Morgan fingerprint density at radius 3 is 2.47 bits per heavy atom. The van der Waals surface area contributed by atoms with Crippen molar-refractivity contribution in [2.24, 2.45) is 4.99 Å². The molecule has 1 N–H and O–H groups in total. The lowest BCUT2D eigenvalue weighted by molar-refractivity contribution is -0.274. The molecular weight excluding hydrogens is 589 g/mol. The first-order valence-corrected chi connectivity index (χ1v) is 13.7. The van der Waals surface area contributed by atoms with Crippen LogP contribution in [0.2, 0.25) is 0 Å². The van der Waals surface area contributed by atoms with Gasteiger partial charge < -0.3 is 19.5 Å². The molecule has 0 aliphatic carbocycles. The summed E-state index contributed by atoms with van der Waals surface area (Å²) < 4.78 is 53.6. The number of para-hydroxylation sites is 2. The summed E-state index contributed by atoms with van der Waals surface area (Å²) in [5.74, 6) is 0.934. The number of aliphatic imine (C=N–C) groups is 1. The lowest BCUT2D eigenvalue weighted by Gasteiger charge is -2.19. The minimum absolute atomic E-state index is 0.145. The van der Waals surface area contributed by atoms with E-state index in [1.54, 1.807) is 48.5 Å². The normalized spacial score (nSPS) is 14.2. The highest BCUT2D eigenvalue weighted by Gasteiger charge is 2.32. The van der Waals surface area contributed by atoms with E-state index in [1.807, 2.05) is 6.92 Å². The van der Waals surface area contributed by atoms with Crippen molar-refractivity contribution in [1.29, 1.82) is 0 Å². The van der Waals surface area contributed by atoms with Crippen LogP contribution in [0.3, 0.4) is 0 Å². The van der Waals surface area contributed by atoms with Crippen molar-refractivity contribution in [3.05, 3.63) is 79.1 Å². The largest absolute Gasteiger partial charge is 0.573 e. The van der Waals surface area contributed by atoms with E-state index in [0.717, 1.165) is 11.8 Å². The van der Waals surface area contributed by atoms with Gasteiger partial charge in [0.05, 0.1) is 23.7 Å². The molecule has 5 rings (SSSR count). The fourth-order valence-electron chi connectivity index (χ4n) is 3.93. The number of amides is 3. The zero-order valence-corrected chi connectivity index (χ0v) is 23.3. The number of halogens is 3. The molecule has 2 heterocycles. The molecule has 222 valence electrons. The van der Waals surface area contributed by atoms with Crippen LogP contribution in [0.25, 0.3) is 17.1 Å². The molecule has 4 aromatic rings. The van der Waals surface area contributed by atoms with Gasteiger partial charge in [-0.2, -0.15) is 4.99 Å². The molecule has 15 heteroatoms. The highest BCUT2D eigenvalue weighted by atomic mass is 32.2. The molecule has 0 unspecified atom stereocenters. The Balaban J connectivity index is 1.16. The van der Waals surface area contributed by atoms with Crippen molar-refractivity contribution in [2.45, 2.75) is 13.3 Å². The first kappa shape index (κ1) is 29.4. The highest BCUT2D eigenvalue weighted by Crippen LogP contribution is 2.34. The molecule has 0 radical (unpaired) electrons. The van der Waals surface area contributed by atoms with Crippen LogP contribution in [0.5, 0.6) is 17.2 Å². The number of hydrogen-bond acceptors (Lipinski definition) is 8. The topological polar surface area (TPSA) is 120 Å². The maximum Gasteiger partial charge on any atom is 0.573 e. The Morgan fingerprint density at radius 1 is 1.02 bits per heavy atom. The number of hydrogen-bond donors (Lipinski definition) is 1. The van der Waals surface area contributed by atoms with Crippen LogP contribution in [0.4, 0.5) is 23.7 Å². The minimum atomic E-state index is -4.77. The smallest absolute Gasteiger partial charge is 0.492 e. The fourth-order valence-corrected chi connectivity index (χ4v) is 4.79. The Hall–Kier alpha value is -5.05. The zero-order chi connectivity index (χ0) is 30.4. The molecular formula is C28H23F3N6O5S. The van der Waals surface area contributed by atoms with Gasteiger partial charge in [0.25, 0.3) is 0 Å².